The van der Waals surface area contributed by atoms with E-state index in [9.17, 15) is 9.18 Å². The molecule has 2 unspecified atom stereocenters. The Kier molecular flexibility index (Phi) is 4.57. The van der Waals surface area contributed by atoms with Crippen LogP contribution in [-0.2, 0) is 11.3 Å². The molecule has 5 heteroatoms. The van der Waals surface area contributed by atoms with Crippen LogP contribution in [0.4, 0.5) is 4.39 Å². The van der Waals surface area contributed by atoms with Gasteiger partial charge in [0.15, 0.2) is 11.6 Å². The summed E-state index contributed by atoms with van der Waals surface area (Å²) < 4.78 is 18.7. The van der Waals surface area contributed by atoms with Crippen LogP contribution >= 0.6 is 0 Å². The first-order valence-corrected chi connectivity index (χ1v) is 8.31. The first-order valence-electron chi connectivity index (χ1n) is 8.31. The van der Waals surface area contributed by atoms with Gasteiger partial charge in [-0.3, -0.25) is 9.69 Å². The van der Waals surface area contributed by atoms with Gasteiger partial charge in [-0.2, -0.15) is 0 Å². The number of hydrogen-bond donors (Lipinski definition) is 0. The van der Waals surface area contributed by atoms with Crippen molar-refractivity contribution in [2.24, 2.45) is 17.8 Å². The summed E-state index contributed by atoms with van der Waals surface area (Å²) in [5.74, 6) is 1.44. The highest BCUT2D eigenvalue weighted by atomic mass is 19.1. The third-order valence-electron chi connectivity index (χ3n) is 4.99. The standard InChI is InChI=1S/C18H25FN2O2/c1-12(2)18(22)21-10-14-8-20(9-15(14)11-21)7-13-4-5-17(23-3)16(19)6-13/h4-6,12,14-15H,7-11H2,1-3H3. The van der Waals surface area contributed by atoms with Crippen molar-refractivity contribution in [2.45, 2.75) is 20.4 Å². The van der Waals surface area contributed by atoms with E-state index in [4.69, 9.17) is 4.74 Å². The van der Waals surface area contributed by atoms with Gasteiger partial charge >= 0.3 is 0 Å². The van der Waals surface area contributed by atoms with E-state index in [1.54, 1.807) is 12.1 Å². The molecular weight excluding hydrogens is 295 g/mol. The van der Waals surface area contributed by atoms with Crippen LogP contribution < -0.4 is 4.74 Å². The number of likely N-dealkylation sites (tertiary alicyclic amines) is 2. The number of fused-ring (bicyclic) bond motifs is 1. The fourth-order valence-corrected chi connectivity index (χ4v) is 3.83. The third kappa shape index (κ3) is 3.34. The van der Waals surface area contributed by atoms with E-state index in [2.05, 4.69) is 4.90 Å². The van der Waals surface area contributed by atoms with Crippen LogP contribution in [0.2, 0.25) is 0 Å². The van der Waals surface area contributed by atoms with Gasteiger partial charge in [0.05, 0.1) is 7.11 Å². The molecule has 4 nitrogen and oxygen atoms in total. The number of carbonyl (C=O) groups excluding carboxylic acids is 1. The Morgan fingerprint density at radius 3 is 2.43 bits per heavy atom. The van der Waals surface area contributed by atoms with Crippen LogP contribution in [-0.4, -0.2) is 49.0 Å². The fraction of sp³-hybridized carbons (Fsp3) is 0.611. The normalized spacial score (nSPS) is 24.3. The monoisotopic (exact) mass is 320 g/mol. The second kappa shape index (κ2) is 6.48. The predicted octanol–water partition coefficient (Wildman–Crippen LogP) is 2.38. The number of nitrogens with zero attached hydrogens (tertiary/aromatic N) is 2. The Morgan fingerprint density at radius 1 is 1.26 bits per heavy atom. The maximum absolute atomic E-state index is 13.8. The minimum atomic E-state index is -0.307. The van der Waals surface area contributed by atoms with Gasteiger partial charge in [0.25, 0.3) is 0 Å². The molecule has 126 valence electrons. The van der Waals surface area contributed by atoms with E-state index in [1.165, 1.54) is 7.11 Å². The van der Waals surface area contributed by atoms with Crippen molar-refractivity contribution in [2.75, 3.05) is 33.3 Å². The molecule has 3 rings (SSSR count). The Labute approximate surface area is 137 Å². The number of benzene rings is 1. The molecule has 1 aromatic rings. The highest BCUT2D eigenvalue weighted by Gasteiger charge is 2.41. The van der Waals surface area contributed by atoms with E-state index in [0.717, 1.165) is 38.3 Å². The lowest BCUT2D eigenvalue weighted by atomic mass is 10.0. The number of ether oxygens (including phenoxy) is 1. The highest BCUT2D eigenvalue weighted by Crippen LogP contribution is 2.32. The average molecular weight is 320 g/mol. The summed E-state index contributed by atoms with van der Waals surface area (Å²) in [4.78, 5) is 16.5. The lowest BCUT2D eigenvalue weighted by Crippen LogP contribution is -2.35. The number of carbonyl (C=O) groups is 1. The maximum Gasteiger partial charge on any atom is 0.225 e. The minimum absolute atomic E-state index is 0.0761. The smallest absolute Gasteiger partial charge is 0.225 e. The van der Waals surface area contributed by atoms with E-state index in [0.29, 0.717) is 11.8 Å². The van der Waals surface area contributed by atoms with E-state index in [-0.39, 0.29) is 23.4 Å². The second-order valence-electron chi connectivity index (χ2n) is 7.08. The molecule has 2 aliphatic rings. The molecule has 0 bridgehead atoms. The van der Waals surface area contributed by atoms with Gasteiger partial charge in [0, 0.05) is 38.6 Å². The van der Waals surface area contributed by atoms with E-state index in [1.807, 2.05) is 24.8 Å². The fourth-order valence-electron chi connectivity index (χ4n) is 3.83. The minimum Gasteiger partial charge on any atom is -0.494 e. The molecule has 1 aromatic carbocycles. The quantitative estimate of drug-likeness (QED) is 0.854. The zero-order chi connectivity index (χ0) is 16.6. The summed E-state index contributed by atoms with van der Waals surface area (Å²) >= 11 is 0. The number of hydrogen-bond acceptors (Lipinski definition) is 3. The number of rotatable bonds is 4. The van der Waals surface area contributed by atoms with Gasteiger partial charge in [0.1, 0.15) is 0 Å². The molecule has 2 atom stereocenters. The SMILES string of the molecule is COc1ccc(CN2CC3CN(C(=O)C(C)C)CC3C2)cc1F. The molecule has 0 N–H and O–H groups in total. The van der Waals surface area contributed by atoms with Crippen LogP contribution in [0.15, 0.2) is 18.2 Å². The molecule has 23 heavy (non-hydrogen) atoms. The molecule has 2 saturated heterocycles. The van der Waals surface area contributed by atoms with Gasteiger partial charge < -0.3 is 9.64 Å². The average Bonchev–Trinajstić information content (AvgIpc) is 3.04. The predicted molar refractivity (Wildman–Crippen MR) is 86.6 cm³/mol. The third-order valence-corrected chi connectivity index (χ3v) is 4.99. The molecule has 0 aliphatic carbocycles. The molecule has 0 radical (unpaired) electrons. The highest BCUT2D eigenvalue weighted by molar-refractivity contribution is 5.78. The summed E-state index contributed by atoms with van der Waals surface area (Å²) in [6, 6.07) is 5.16. The van der Waals surface area contributed by atoms with Crippen molar-refractivity contribution in [3.8, 4) is 5.75 Å². The van der Waals surface area contributed by atoms with Crippen molar-refractivity contribution < 1.29 is 13.9 Å². The number of halogens is 1. The van der Waals surface area contributed by atoms with Crippen molar-refractivity contribution >= 4 is 5.91 Å². The van der Waals surface area contributed by atoms with Crippen LogP contribution in [0, 0.1) is 23.6 Å². The number of methoxy groups -OCH3 is 1. The molecule has 2 fully saturated rings. The molecule has 0 spiro atoms. The van der Waals surface area contributed by atoms with E-state index >= 15 is 0 Å². The molecule has 2 aliphatic heterocycles. The summed E-state index contributed by atoms with van der Waals surface area (Å²) in [5, 5.41) is 0. The second-order valence-corrected chi connectivity index (χ2v) is 7.08. The van der Waals surface area contributed by atoms with E-state index < -0.39 is 0 Å². The Bertz CT molecular complexity index is 576. The molecule has 0 saturated carbocycles. The summed E-state index contributed by atoms with van der Waals surface area (Å²) in [6.07, 6.45) is 0. The zero-order valence-corrected chi connectivity index (χ0v) is 14.1. The first kappa shape index (κ1) is 16.2. The zero-order valence-electron chi connectivity index (χ0n) is 14.1. The van der Waals surface area contributed by atoms with Crippen molar-refractivity contribution in [1.29, 1.82) is 0 Å². The van der Waals surface area contributed by atoms with Gasteiger partial charge in [-0.25, -0.2) is 4.39 Å². The van der Waals surface area contributed by atoms with Crippen LogP contribution in [0.5, 0.6) is 5.75 Å². The van der Waals surface area contributed by atoms with Crippen molar-refractivity contribution in [3.05, 3.63) is 29.6 Å². The van der Waals surface area contributed by atoms with Crippen molar-refractivity contribution in [1.82, 2.24) is 9.80 Å². The summed E-state index contributed by atoms with van der Waals surface area (Å²) in [7, 11) is 1.48. The lowest BCUT2D eigenvalue weighted by Gasteiger charge is -2.23. The largest absolute Gasteiger partial charge is 0.494 e. The van der Waals surface area contributed by atoms with Gasteiger partial charge in [-0.1, -0.05) is 19.9 Å². The van der Waals surface area contributed by atoms with Gasteiger partial charge in [-0.15, -0.1) is 0 Å². The molecule has 0 aromatic heterocycles. The van der Waals surface area contributed by atoms with Crippen LogP contribution in [0.1, 0.15) is 19.4 Å². The molecule has 1 amide bonds. The first-order chi connectivity index (χ1) is 11.0. The lowest BCUT2D eigenvalue weighted by molar-refractivity contribution is -0.133. The topological polar surface area (TPSA) is 32.8 Å². The van der Waals surface area contributed by atoms with Crippen molar-refractivity contribution in [3.63, 3.8) is 0 Å². The van der Waals surface area contributed by atoms with Crippen LogP contribution in [0.3, 0.4) is 0 Å². The van der Waals surface area contributed by atoms with Crippen LogP contribution in [0.25, 0.3) is 0 Å². The molecular formula is C18H25FN2O2. The number of amides is 1. The Morgan fingerprint density at radius 2 is 1.91 bits per heavy atom. The maximum atomic E-state index is 13.8. The summed E-state index contributed by atoms with van der Waals surface area (Å²) in [5.41, 5.74) is 0.971. The van der Waals surface area contributed by atoms with Gasteiger partial charge in [0.2, 0.25) is 5.91 Å². The Balaban J connectivity index is 1.56. The summed E-state index contributed by atoms with van der Waals surface area (Å²) in [6.45, 7) is 8.39. The van der Waals surface area contributed by atoms with Gasteiger partial charge in [-0.05, 0) is 29.5 Å². The Hall–Kier alpha value is -1.62. The molecule has 2 heterocycles.